The van der Waals surface area contributed by atoms with E-state index in [0.29, 0.717) is 0 Å². The number of allylic oxidation sites excluding steroid dienone is 1. The molecule has 3 heteroatoms. The van der Waals surface area contributed by atoms with Crippen molar-refractivity contribution < 1.29 is 0 Å². The van der Waals surface area contributed by atoms with Crippen LogP contribution in [0.3, 0.4) is 0 Å². The number of hydrogen-bond acceptors (Lipinski definition) is 2. The minimum Gasteiger partial charge on any atom is -0.317 e. The van der Waals surface area contributed by atoms with Crippen LogP contribution in [0.15, 0.2) is 24.3 Å². The average Bonchev–Trinajstić information content (AvgIpc) is 2.58. The molecule has 1 nitrogen and oxygen atoms in total. The molecule has 1 heterocycles. The van der Waals surface area contributed by atoms with Crippen molar-refractivity contribution in [2.24, 2.45) is 0 Å². The monoisotopic (exact) mass is 229 g/mol. The van der Waals surface area contributed by atoms with E-state index in [0.717, 1.165) is 30.3 Å². The second kappa shape index (κ2) is 7.04. The van der Waals surface area contributed by atoms with Crippen LogP contribution in [0.4, 0.5) is 0 Å². The Hall–Kier alpha value is -0.310. The van der Waals surface area contributed by atoms with Gasteiger partial charge in [0.15, 0.2) is 0 Å². The molecule has 0 unspecified atom stereocenters. The lowest BCUT2D eigenvalue weighted by molar-refractivity contribution is 0.726. The highest BCUT2D eigenvalue weighted by Gasteiger charge is 1.93. The average molecular weight is 230 g/mol. The summed E-state index contributed by atoms with van der Waals surface area (Å²) in [5.41, 5.74) is 0. The van der Waals surface area contributed by atoms with Gasteiger partial charge >= 0.3 is 0 Å². The Morgan fingerprint density at radius 2 is 2.29 bits per heavy atom. The van der Waals surface area contributed by atoms with Gasteiger partial charge in [0.05, 0.1) is 4.34 Å². The van der Waals surface area contributed by atoms with Crippen molar-refractivity contribution in [1.82, 2.24) is 5.32 Å². The van der Waals surface area contributed by atoms with E-state index in [1.807, 2.05) is 6.07 Å². The number of halogens is 1. The fraction of sp³-hybridized carbons (Fsp3) is 0.455. The molecule has 0 aliphatic heterocycles. The van der Waals surface area contributed by atoms with Crippen molar-refractivity contribution in [3.63, 3.8) is 0 Å². The van der Waals surface area contributed by atoms with Gasteiger partial charge in [-0.05, 0) is 38.1 Å². The Kier molecular flexibility index (Phi) is 5.92. The molecule has 78 valence electrons. The molecular weight excluding hydrogens is 214 g/mol. The molecule has 1 aromatic rings. The molecule has 1 aromatic heterocycles. The van der Waals surface area contributed by atoms with Gasteiger partial charge in [-0.15, -0.1) is 11.3 Å². The van der Waals surface area contributed by atoms with Gasteiger partial charge < -0.3 is 5.32 Å². The second-order valence-corrected chi connectivity index (χ2v) is 4.82. The summed E-state index contributed by atoms with van der Waals surface area (Å²) in [5.74, 6) is 0. The molecule has 0 saturated heterocycles. The van der Waals surface area contributed by atoms with Crippen molar-refractivity contribution in [1.29, 1.82) is 0 Å². The maximum Gasteiger partial charge on any atom is 0.0931 e. The lowest BCUT2D eigenvalue weighted by Crippen LogP contribution is -2.12. The van der Waals surface area contributed by atoms with Crippen LogP contribution in [-0.2, 0) is 6.42 Å². The summed E-state index contributed by atoms with van der Waals surface area (Å²) >= 11 is 7.48. The van der Waals surface area contributed by atoms with Gasteiger partial charge in [-0.1, -0.05) is 30.7 Å². The SMILES string of the molecule is CCNCCC=CCc1ccc(Cl)s1. The topological polar surface area (TPSA) is 12.0 Å². The lowest BCUT2D eigenvalue weighted by atomic mass is 10.3. The van der Waals surface area contributed by atoms with Crippen LogP contribution < -0.4 is 5.32 Å². The van der Waals surface area contributed by atoms with Crippen LogP contribution in [0.5, 0.6) is 0 Å². The molecule has 0 saturated carbocycles. The molecule has 0 radical (unpaired) electrons. The van der Waals surface area contributed by atoms with Crippen molar-refractivity contribution in [3.8, 4) is 0 Å². The highest BCUT2D eigenvalue weighted by molar-refractivity contribution is 7.16. The molecule has 1 N–H and O–H groups in total. The molecule has 0 amide bonds. The molecule has 0 aromatic carbocycles. The summed E-state index contributed by atoms with van der Waals surface area (Å²) in [7, 11) is 0. The molecule has 0 spiro atoms. The molecule has 14 heavy (non-hydrogen) atoms. The molecule has 0 aliphatic carbocycles. The maximum absolute atomic E-state index is 5.83. The van der Waals surface area contributed by atoms with E-state index in [1.54, 1.807) is 11.3 Å². The van der Waals surface area contributed by atoms with Crippen molar-refractivity contribution in [2.75, 3.05) is 13.1 Å². The first-order chi connectivity index (χ1) is 6.83. The van der Waals surface area contributed by atoms with Crippen LogP contribution in [0.2, 0.25) is 4.34 Å². The minimum absolute atomic E-state index is 0.876. The number of thiophene rings is 1. The molecule has 1 rings (SSSR count). The fourth-order valence-corrected chi connectivity index (χ4v) is 2.20. The highest BCUT2D eigenvalue weighted by atomic mass is 35.5. The van der Waals surface area contributed by atoms with Crippen LogP contribution in [0, 0.1) is 0 Å². The van der Waals surface area contributed by atoms with Gasteiger partial charge in [0.1, 0.15) is 0 Å². The van der Waals surface area contributed by atoms with Crippen LogP contribution >= 0.6 is 22.9 Å². The first-order valence-electron chi connectivity index (χ1n) is 4.93. The van der Waals surface area contributed by atoms with Crippen molar-refractivity contribution in [2.45, 2.75) is 19.8 Å². The van der Waals surface area contributed by atoms with Gasteiger partial charge in [0.2, 0.25) is 0 Å². The number of nitrogens with one attached hydrogen (secondary N) is 1. The summed E-state index contributed by atoms with van der Waals surface area (Å²) in [4.78, 5) is 1.33. The van der Waals surface area contributed by atoms with Crippen LogP contribution in [0.1, 0.15) is 18.2 Å². The number of hydrogen-bond donors (Lipinski definition) is 1. The zero-order chi connectivity index (χ0) is 10.2. The van der Waals surface area contributed by atoms with Gasteiger partial charge in [-0.3, -0.25) is 0 Å². The predicted octanol–water partition coefficient (Wildman–Crippen LogP) is 3.50. The maximum atomic E-state index is 5.83. The first-order valence-corrected chi connectivity index (χ1v) is 6.12. The van der Waals surface area contributed by atoms with Crippen LogP contribution in [-0.4, -0.2) is 13.1 Å². The summed E-state index contributed by atoms with van der Waals surface area (Å²) in [6.45, 7) is 4.24. The lowest BCUT2D eigenvalue weighted by Gasteiger charge is -1.95. The molecule has 0 bridgehead atoms. The normalized spacial score (nSPS) is 11.3. The van der Waals surface area contributed by atoms with Gasteiger partial charge in [-0.25, -0.2) is 0 Å². The van der Waals surface area contributed by atoms with E-state index < -0.39 is 0 Å². The smallest absolute Gasteiger partial charge is 0.0931 e. The minimum atomic E-state index is 0.876. The number of rotatable bonds is 6. The van der Waals surface area contributed by atoms with E-state index in [-0.39, 0.29) is 0 Å². The van der Waals surface area contributed by atoms with Gasteiger partial charge in [0.25, 0.3) is 0 Å². The van der Waals surface area contributed by atoms with E-state index in [9.17, 15) is 0 Å². The van der Waals surface area contributed by atoms with Crippen molar-refractivity contribution in [3.05, 3.63) is 33.5 Å². The third-order valence-corrected chi connectivity index (χ3v) is 3.11. The highest BCUT2D eigenvalue weighted by Crippen LogP contribution is 2.21. The Morgan fingerprint density at radius 1 is 1.43 bits per heavy atom. The zero-order valence-electron chi connectivity index (χ0n) is 8.42. The molecular formula is C11H16ClNS. The van der Waals surface area contributed by atoms with E-state index in [4.69, 9.17) is 11.6 Å². The predicted molar refractivity (Wildman–Crippen MR) is 65.3 cm³/mol. The second-order valence-electron chi connectivity index (χ2n) is 3.02. The summed E-state index contributed by atoms with van der Waals surface area (Å²) in [6.07, 6.45) is 6.53. The third-order valence-electron chi connectivity index (χ3n) is 1.85. The molecule has 0 atom stereocenters. The summed E-state index contributed by atoms with van der Waals surface area (Å²) in [5, 5.41) is 3.28. The standard InChI is InChI=1S/C11H16ClNS/c1-2-13-9-5-3-4-6-10-7-8-11(12)14-10/h3-4,7-8,13H,2,5-6,9H2,1H3. The first kappa shape index (κ1) is 11.8. The summed E-state index contributed by atoms with van der Waals surface area (Å²) in [6, 6.07) is 4.04. The Morgan fingerprint density at radius 3 is 2.93 bits per heavy atom. The zero-order valence-corrected chi connectivity index (χ0v) is 10.00. The largest absolute Gasteiger partial charge is 0.317 e. The quantitative estimate of drug-likeness (QED) is 0.582. The molecule has 0 fully saturated rings. The summed E-state index contributed by atoms with van der Waals surface area (Å²) < 4.78 is 0.876. The van der Waals surface area contributed by atoms with E-state index in [1.165, 1.54) is 4.88 Å². The van der Waals surface area contributed by atoms with E-state index >= 15 is 0 Å². The third kappa shape index (κ3) is 4.80. The van der Waals surface area contributed by atoms with E-state index in [2.05, 4.69) is 30.5 Å². The Balaban J connectivity index is 2.14. The fourth-order valence-electron chi connectivity index (χ4n) is 1.14. The Labute approximate surface area is 94.8 Å². The molecule has 0 aliphatic rings. The Bertz CT molecular complexity index is 281. The van der Waals surface area contributed by atoms with Gasteiger partial charge in [0, 0.05) is 4.88 Å². The van der Waals surface area contributed by atoms with Crippen molar-refractivity contribution >= 4 is 22.9 Å². The van der Waals surface area contributed by atoms with Gasteiger partial charge in [-0.2, -0.15) is 0 Å². The van der Waals surface area contributed by atoms with Crippen LogP contribution in [0.25, 0.3) is 0 Å².